The minimum atomic E-state index is -0.951. The first-order valence-corrected chi connectivity index (χ1v) is 10.5. The summed E-state index contributed by atoms with van der Waals surface area (Å²) in [6.07, 6.45) is 5.15. The Hall–Kier alpha value is -3.12. The van der Waals surface area contributed by atoms with Crippen LogP contribution in [0.4, 0.5) is 14.2 Å². The maximum atomic E-state index is 12.9. The molecule has 7 nitrogen and oxygen atoms in total. The van der Waals surface area contributed by atoms with Gasteiger partial charge in [-0.3, -0.25) is 4.79 Å². The molecule has 1 atom stereocenters. The molecule has 0 aromatic carbocycles. The predicted octanol–water partition coefficient (Wildman–Crippen LogP) is 3.76. The molecular weight excluding hydrogens is 409 g/mol. The number of nitrogens with zero attached hydrogens (tertiary/aromatic N) is 2. The van der Waals surface area contributed by atoms with Gasteiger partial charge in [-0.05, 0) is 49.0 Å². The Morgan fingerprint density at radius 2 is 2.30 bits per heavy atom. The zero-order valence-electron chi connectivity index (χ0n) is 16.1. The van der Waals surface area contributed by atoms with Crippen LogP contribution in [-0.4, -0.2) is 42.8 Å². The van der Waals surface area contributed by atoms with E-state index in [1.165, 1.54) is 28.6 Å². The summed E-state index contributed by atoms with van der Waals surface area (Å²) in [6, 6.07) is 5.67. The zero-order valence-corrected chi connectivity index (χ0v) is 16.9. The van der Waals surface area contributed by atoms with Crippen molar-refractivity contribution in [3.05, 3.63) is 46.2 Å². The second-order valence-electron chi connectivity index (χ2n) is 7.35. The smallest absolute Gasteiger partial charge is 0.409 e. The Morgan fingerprint density at radius 3 is 3.00 bits per heavy atom. The lowest BCUT2D eigenvalue weighted by molar-refractivity contribution is -0.111. The maximum absolute atomic E-state index is 12.9. The number of anilines is 1. The number of nitrogens with one attached hydrogen (secondary N) is 1. The van der Waals surface area contributed by atoms with Crippen LogP contribution in [-0.2, 0) is 22.4 Å². The van der Waals surface area contributed by atoms with Gasteiger partial charge in [-0.25, -0.2) is 9.18 Å². The average molecular weight is 429 g/mol. The molecule has 1 aliphatic carbocycles. The molecule has 1 saturated heterocycles. The molecule has 2 aromatic rings. The molecule has 0 bridgehead atoms. The summed E-state index contributed by atoms with van der Waals surface area (Å²) in [5.41, 5.74) is 1.46. The number of rotatable bonds is 5. The number of amides is 2. The number of halogens is 1. The third-order valence-corrected chi connectivity index (χ3v) is 6.37. The van der Waals surface area contributed by atoms with Gasteiger partial charge in [0.1, 0.15) is 23.0 Å². The molecule has 30 heavy (non-hydrogen) atoms. The number of ether oxygens (including phenoxy) is 1. The van der Waals surface area contributed by atoms with Crippen LogP contribution in [0, 0.1) is 17.2 Å². The van der Waals surface area contributed by atoms with E-state index in [9.17, 15) is 19.2 Å². The van der Waals surface area contributed by atoms with Crippen molar-refractivity contribution in [3.8, 4) is 6.07 Å². The van der Waals surface area contributed by atoms with Crippen LogP contribution in [0.15, 0.2) is 28.9 Å². The van der Waals surface area contributed by atoms with Crippen molar-refractivity contribution in [2.75, 3.05) is 25.0 Å². The molecule has 2 aliphatic rings. The average Bonchev–Trinajstić information content (AvgIpc) is 3.34. The maximum Gasteiger partial charge on any atom is 0.409 e. The van der Waals surface area contributed by atoms with Crippen LogP contribution in [0.1, 0.15) is 28.2 Å². The summed E-state index contributed by atoms with van der Waals surface area (Å²) in [6.45, 7) is 0.460. The van der Waals surface area contributed by atoms with Crippen LogP contribution in [0.5, 0.6) is 0 Å². The Kier molecular flexibility index (Phi) is 5.86. The summed E-state index contributed by atoms with van der Waals surface area (Å²) in [5, 5.41) is 12.9. The van der Waals surface area contributed by atoms with Crippen molar-refractivity contribution < 1.29 is 23.1 Å². The van der Waals surface area contributed by atoms with Gasteiger partial charge in [0, 0.05) is 11.0 Å². The van der Waals surface area contributed by atoms with Gasteiger partial charge in [-0.2, -0.15) is 5.26 Å². The monoisotopic (exact) mass is 429 g/mol. The second kappa shape index (κ2) is 8.71. The molecule has 1 aliphatic heterocycles. The van der Waals surface area contributed by atoms with Gasteiger partial charge in [0.2, 0.25) is 5.91 Å². The van der Waals surface area contributed by atoms with E-state index in [1.807, 2.05) is 0 Å². The van der Waals surface area contributed by atoms with Crippen LogP contribution in [0.2, 0.25) is 0 Å². The van der Waals surface area contributed by atoms with E-state index in [1.54, 1.807) is 18.2 Å². The minimum Gasteiger partial charge on any atom is -0.465 e. The number of thiophene rings is 1. The Balaban J connectivity index is 1.36. The van der Waals surface area contributed by atoms with Gasteiger partial charge in [-0.15, -0.1) is 11.3 Å². The first kappa shape index (κ1) is 20.2. The number of alkyl halides is 1. The molecule has 9 heteroatoms. The Labute approximate surface area is 176 Å². The third kappa shape index (κ3) is 4.39. The number of fused-ring (bicyclic) bond motifs is 1. The van der Waals surface area contributed by atoms with Crippen LogP contribution < -0.4 is 5.32 Å². The fourth-order valence-corrected chi connectivity index (χ4v) is 4.87. The first-order chi connectivity index (χ1) is 14.5. The predicted molar refractivity (Wildman–Crippen MR) is 109 cm³/mol. The number of carbonyl (C=O) groups is 2. The zero-order chi connectivity index (χ0) is 21.1. The van der Waals surface area contributed by atoms with Crippen molar-refractivity contribution >= 4 is 34.4 Å². The fraction of sp³-hybridized carbons (Fsp3) is 0.381. The lowest BCUT2D eigenvalue weighted by Crippen LogP contribution is -2.51. The second-order valence-corrected chi connectivity index (χ2v) is 8.45. The van der Waals surface area contributed by atoms with Crippen LogP contribution in [0.3, 0.4) is 0 Å². The molecule has 0 radical (unpaired) electrons. The summed E-state index contributed by atoms with van der Waals surface area (Å²) >= 11 is 1.39. The Morgan fingerprint density at radius 1 is 1.47 bits per heavy atom. The normalized spacial score (nSPS) is 18.5. The van der Waals surface area contributed by atoms with Crippen molar-refractivity contribution in [1.29, 1.82) is 5.26 Å². The molecule has 3 heterocycles. The largest absolute Gasteiger partial charge is 0.465 e. The molecular formula is C21H20FN3O4S. The molecule has 0 saturated carbocycles. The van der Waals surface area contributed by atoms with Gasteiger partial charge in [0.05, 0.1) is 31.5 Å². The van der Waals surface area contributed by atoms with Gasteiger partial charge >= 0.3 is 6.09 Å². The molecule has 4 rings (SSSR count). The lowest BCUT2D eigenvalue weighted by Gasteiger charge is -2.33. The van der Waals surface area contributed by atoms with Crippen LogP contribution >= 0.6 is 11.3 Å². The molecule has 1 N–H and O–H groups in total. The van der Waals surface area contributed by atoms with Gasteiger partial charge < -0.3 is 19.4 Å². The number of carbonyl (C=O) groups excluding carboxylic acids is 2. The lowest BCUT2D eigenvalue weighted by atomic mass is 9.88. The van der Waals surface area contributed by atoms with E-state index < -0.39 is 12.3 Å². The number of hydrogen-bond donors (Lipinski definition) is 1. The quantitative estimate of drug-likeness (QED) is 0.730. The van der Waals surface area contributed by atoms with Gasteiger partial charge in [0.15, 0.2) is 0 Å². The van der Waals surface area contributed by atoms with Crippen molar-refractivity contribution in [1.82, 2.24) is 4.90 Å². The minimum absolute atomic E-state index is 0.0987. The summed E-state index contributed by atoms with van der Waals surface area (Å²) in [5.74, 6) is 0.359. The van der Waals surface area contributed by atoms with E-state index in [2.05, 4.69) is 11.4 Å². The molecule has 0 spiro atoms. The Bertz CT molecular complexity index is 1000. The van der Waals surface area contributed by atoms with Crippen molar-refractivity contribution in [2.45, 2.75) is 25.4 Å². The molecule has 1 unspecified atom stereocenters. The fourth-order valence-electron chi connectivity index (χ4n) is 3.55. The third-order valence-electron chi connectivity index (χ3n) is 5.20. The number of likely N-dealkylation sites (tertiary alicyclic amines) is 1. The summed E-state index contributed by atoms with van der Waals surface area (Å²) < 4.78 is 23.3. The molecule has 2 aromatic heterocycles. The molecule has 2 amide bonds. The topological polar surface area (TPSA) is 95.6 Å². The number of furan rings is 1. The number of nitriles is 1. The number of hydrogen-bond acceptors (Lipinski definition) is 6. The van der Waals surface area contributed by atoms with E-state index >= 15 is 0 Å². The van der Waals surface area contributed by atoms with E-state index in [0.717, 1.165) is 16.9 Å². The van der Waals surface area contributed by atoms with E-state index in [4.69, 9.17) is 9.15 Å². The van der Waals surface area contributed by atoms with E-state index in [-0.39, 0.29) is 31.5 Å². The SMILES string of the molecule is N#Cc1c(NC(=O)C=Cc2ccco2)sc2c1CCC(COC(=O)N1CC(F)C1)C2. The van der Waals surface area contributed by atoms with Crippen molar-refractivity contribution in [3.63, 3.8) is 0 Å². The highest BCUT2D eigenvalue weighted by molar-refractivity contribution is 7.16. The summed E-state index contributed by atoms with van der Waals surface area (Å²) in [4.78, 5) is 26.5. The highest BCUT2D eigenvalue weighted by Gasteiger charge is 2.32. The summed E-state index contributed by atoms with van der Waals surface area (Å²) in [7, 11) is 0. The molecule has 156 valence electrons. The first-order valence-electron chi connectivity index (χ1n) is 9.66. The van der Waals surface area contributed by atoms with E-state index in [0.29, 0.717) is 29.2 Å². The van der Waals surface area contributed by atoms with Gasteiger partial charge in [-0.1, -0.05) is 0 Å². The molecule has 1 fully saturated rings. The highest BCUT2D eigenvalue weighted by atomic mass is 32.1. The van der Waals surface area contributed by atoms with Gasteiger partial charge in [0.25, 0.3) is 0 Å². The standard InChI is InChI=1S/C21H20FN3O4S/c22-14-10-25(11-14)21(27)29-12-13-3-5-16-17(9-23)20(30-18(16)8-13)24-19(26)6-4-15-2-1-7-28-15/h1-2,4,6-7,13-14H,3,5,8,10-12H2,(H,24,26). The van der Waals surface area contributed by atoms with Crippen molar-refractivity contribution in [2.24, 2.45) is 5.92 Å². The van der Waals surface area contributed by atoms with Crippen LogP contribution in [0.25, 0.3) is 6.08 Å². The highest BCUT2D eigenvalue weighted by Crippen LogP contribution is 2.39.